The van der Waals surface area contributed by atoms with Gasteiger partial charge < -0.3 is 19.5 Å². The summed E-state index contributed by atoms with van der Waals surface area (Å²) in [5, 5.41) is 4.51. The number of rotatable bonds is 6. The average Bonchev–Trinajstić information content (AvgIpc) is 3.37. The number of hydrogen-bond acceptors (Lipinski definition) is 5. The zero-order valence-electron chi connectivity index (χ0n) is 16.2. The highest BCUT2D eigenvalue weighted by molar-refractivity contribution is 7.80. The number of nitrogens with zero attached hydrogens (tertiary/aromatic N) is 4. The van der Waals surface area contributed by atoms with Gasteiger partial charge in [-0.15, -0.1) is 0 Å². The molecule has 0 spiro atoms. The number of aromatic nitrogens is 3. The van der Waals surface area contributed by atoms with E-state index in [0.29, 0.717) is 16.7 Å². The summed E-state index contributed by atoms with van der Waals surface area (Å²) in [6, 6.07) is 13.1. The highest BCUT2D eigenvalue weighted by Crippen LogP contribution is 2.39. The first-order valence-electron chi connectivity index (χ1n) is 9.42. The van der Waals surface area contributed by atoms with Crippen molar-refractivity contribution in [2.24, 2.45) is 0 Å². The Kier molecular flexibility index (Phi) is 5.96. The highest BCUT2D eigenvalue weighted by atomic mass is 35.5. The third-order valence-electron chi connectivity index (χ3n) is 5.02. The third-order valence-corrected chi connectivity index (χ3v) is 5.60. The molecule has 0 bridgehead atoms. The first-order chi connectivity index (χ1) is 14.6. The molecule has 0 amide bonds. The van der Waals surface area contributed by atoms with Gasteiger partial charge in [-0.05, 0) is 48.6 Å². The number of ether oxygens (including phenoxy) is 1. The molecule has 30 heavy (non-hydrogen) atoms. The van der Waals surface area contributed by atoms with Gasteiger partial charge in [-0.1, -0.05) is 17.7 Å². The molecule has 7 nitrogen and oxygen atoms in total. The molecule has 0 aromatic carbocycles. The van der Waals surface area contributed by atoms with Crippen LogP contribution in [0.5, 0.6) is 0 Å². The monoisotopic (exact) mass is 441 g/mol. The SMILES string of the molecule is COC(=O)CCN1C(=S)NC(c2ccccn2)C1c1cccn1-c1ccc(Cl)cn1. The van der Waals surface area contributed by atoms with E-state index < -0.39 is 0 Å². The van der Waals surface area contributed by atoms with Gasteiger partial charge in [-0.3, -0.25) is 9.78 Å². The molecule has 4 heterocycles. The van der Waals surface area contributed by atoms with Crippen LogP contribution in [0.3, 0.4) is 0 Å². The quantitative estimate of drug-likeness (QED) is 0.464. The molecule has 4 rings (SSSR count). The number of carbonyl (C=O) groups excluding carboxylic acids is 1. The molecule has 154 valence electrons. The van der Waals surface area contributed by atoms with Crippen LogP contribution in [0.1, 0.15) is 29.9 Å². The van der Waals surface area contributed by atoms with E-state index in [2.05, 4.69) is 15.3 Å². The molecule has 0 aliphatic carbocycles. The number of esters is 1. The molecule has 1 N–H and O–H groups in total. The molecule has 1 aliphatic heterocycles. The van der Waals surface area contributed by atoms with E-state index in [0.717, 1.165) is 17.2 Å². The van der Waals surface area contributed by atoms with Crippen molar-refractivity contribution in [3.05, 3.63) is 77.5 Å². The fourth-order valence-electron chi connectivity index (χ4n) is 3.64. The maximum Gasteiger partial charge on any atom is 0.307 e. The minimum atomic E-state index is -0.285. The van der Waals surface area contributed by atoms with Crippen molar-refractivity contribution in [3.8, 4) is 5.82 Å². The van der Waals surface area contributed by atoms with Crippen LogP contribution in [0.25, 0.3) is 5.82 Å². The summed E-state index contributed by atoms with van der Waals surface area (Å²) < 4.78 is 6.82. The first-order valence-corrected chi connectivity index (χ1v) is 10.2. The van der Waals surface area contributed by atoms with E-state index in [9.17, 15) is 4.79 Å². The van der Waals surface area contributed by atoms with Gasteiger partial charge in [0.15, 0.2) is 5.11 Å². The van der Waals surface area contributed by atoms with Crippen LogP contribution >= 0.6 is 23.8 Å². The van der Waals surface area contributed by atoms with Crippen molar-refractivity contribution < 1.29 is 9.53 Å². The fourth-order valence-corrected chi connectivity index (χ4v) is 4.08. The number of carbonyl (C=O) groups is 1. The molecule has 0 saturated carbocycles. The molecular formula is C21H20ClN5O2S. The molecule has 1 fully saturated rings. The van der Waals surface area contributed by atoms with Crippen LogP contribution in [0.15, 0.2) is 61.1 Å². The summed E-state index contributed by atoms with van der Waals surface area (Å²) in [4.78, 5) is 22.8. The summed E-state index contributed by atoms with van der Waals surface area (Å²) >= 11 is 11.6. The van der Waals surface area contributed by atoms with Gasteiger partial charge in [0.25, 0.3) is 0 Å². The van der Waals surface area contributed by atoms with E-state index in [1.165, 1.54) is 7.11 Å². The molecule has 1 saturated heterocycles. The molecule has 2 unspecified atom stereocenters. The zero-order valence-corrected chi connectivity index (χ0v) is 17.8. The van der Waals surface area contributed by atoms with Crippen molar-refractivity contribution in [3.63, 3.8) is 0 Å². The largest absolute Gasteiger partial charge is 0.469 e. The van der Waals surface area contributed by atoms with Crippen molar-refractivity contribution in [2.45, 2.75) is 18.5 Å². The second-order valence-corrected chi connectivity index (χ2v) is 7.61. The number of pyridine rings is 2. The van der Waals surface area contributed by atoms with E-state index in [1.807, 2.05) is 52.1 Å². The second-order valence-electron chi connectivity index (χ2n) is 6.78. The van der Waals surface area contributed by atoms with E-state index >= 15 is 0 Å². The van der Waals surface area contributed by atoms with E-state index in [1.54, 1.807) is 18.5 Å². The van der Waals surface area contributed by atoms with Crippen molar-refractivity contribution >= 4 is 34.9 Å². The zero-order chi connectivity index (χ0) is 21.1. The van der Waals surface area contributed by atoms with Crippen LogP contribution < -0.4 is 5.32 Å². The maximum atomic E-state index is 11.8. The van der Waals surface area contributed by atoms with Crippen LogP contribution in [-0.4, -0.2) is 44.2 Å². The van der Waals surface area contributed by atoms with Gasteiger partial charge in [0.05, 0.1) is 36.3 Å². The van der Waals surface area contributed by atoms with Gasteiger partial charge in [0.1, 0.15) is 5.82 Å². The number of halogens is 1. The lowest BCUT2D eigenvalue weighted by Crippen LogP contribution is -2.32. The van der Waals surface area contributed by atoms with Gasteiger partial charge in [0, 0.05) is 30.8 Å². The third kappa shape index (κ3) is 4.01. The van der Waals surface area contributed by atoms with Gasteiger partial charge in [-0.25, -0.2) is 4.98 Å². The Labute approximate surface area is 184 Å². The fraction of sp³-hybridized carbons (Fsp3) is 0.238. The Bertz CT molecular complexity index is 1040. The van der Waals surface area contributed by atoms with Crippen molar-refractivity contribution in [2.75, 3.05) is 13.7 Å². The lowest BCUT2D eigenvalue weighted by atomic mass is 10.0. The second kappa shape index (κ2) is 8.81. The Morgan fingerprint density at radius 3 is 2.80 bits per heavy atom. The smallest absolute Gasteiger partial charge is 0.307 e. The summed E-state index contributed by atoms with van der Waals surface area (Å²) in [6.45, 7) is 0.422. The number of nitrogens with one attached hydrogen (secondary N) is 1. The Balaban J connectivity index is 1.75. The number of thiocarbonyl (C=S) groups is 1. The van der Waals surface area contributed by atoms with Crippen LogP contribution in [0, 0.1) is 0 Å². The van der Waals surface area contributed by atoms with E-state index in [-0.39, 0.29) is 24.5 Å². The topological polar surface area (TPSA) is 72.3 Å². The Morgan fingerprint density at radius 1 is 1.23 bits per heavy atom. The summed E-state index contributed by atoms with van der Waals surface area (Å²) in [6.07, 6.45) is 5.54. The number of hydrogen-bond donors (Lipinski definition) is 1. The van der Waals surface area contributed by atoms with Gasteiger partial charge in [-0.2, -0.15) is 0 Å². The van der Waals surface area contributed by atoms with Crippen molar-refractivity contribution in [1.82, 2.24) is 24.8 Å². The molecule has 0 radical (unpaired) electrons. The molecule has 3 aromatic heterocycles. The molecule has 3 aromatic rings. The summed E-state index contributed by atoms with van der Waals surface area (Å²) in [5.41, 5.74) is 1.83. The lowest BCUT2D eigenvalue weighted by molar-refractivity contribution is -0.140. The van der Waals surface area contributed by atoms with Crippen LogP contribution in [0.2, 0.25) is 5.02 Å². The number of methoxy groups -OCH3 is 1. The predicted molar refractivity (Wildman–Crippen MR) is 117 cm³/mol. The summed E-state index contributed by atoms with van der Waals surface area (Å²) in [7, 11) is 1.38. The Hall–Kier alpha value is -2.97. The molecular weight excluding hydrogens is 422 g/mol. The van der Waals surface area contributed by atoms with Crippen LogP contribution in [-0.2, 0) is 9.53 Å². The maximum absolute atomic E-state index is 11.8. The molecule has 9 heteroatoms. The minimum absolute atomic E-state index is 0.183. The highest BCUT2D eigenvalue weighted by Gasteiger charge is 2.41. The van der Waals surface area contributed by atoms with Crippen LogP contribution in [0.4, 0.5) is 0 Å². The van der Waals surface area contributed by atoms with E-state index in [4.69, 9.17) is 28.6 Å². The van der Waals surface area contributed by atoms with Gasteiger partial charge in [0.2, 0.25) is 0 Å². The molecule has 1 aliphatic rings. The molecule has 2 atom stereocenters. The lowest BCUT2D eigenvalue weighted by Gasteiger charge is -2.28. The average molecular weight is 442 g/mol. The van der Waals surface area contributed by atoms with Crippen molar-refractivity contribution in [1.29, 1.82) is 0 Å². The predicted octanol–water partition coefficient (Wildman–Crippen LogP) is 3.46. The first kappa shape index (κ1) is 20.3. The van der Waals surface area contributed by atoms with Gasteiger partial charge >= 0.3 is 5.97 Å². The summed E-state index contributed by atoms with van der Waals surface area (Å²) in [5.74, 6) is 0.456. The Morgan fingerprint density at radius 2 is 2.10 bits per heavy atom. The standard InChI is InChI=1S/C21H20ClN5O2S/c1-29-18(28)9-12-27-20(19(25-21(27)30)15-5-2-3-10-23-15)16-6-4-11-26(16)17-8-7-14(22)13-24-17/h2-8,10-11,13,19-20H,9,12H2,1H3,(H,25,30). The minimum Gasteiger partial charge on any atom is -0.469 e. The normalized spacial score (nSPS) is 18.3.